The first kappa shape index (κ1) is 21.2. The first-order valence-corrected chi connectivity index (χ1v) is 8.88. The smallest absolute Gasteiger partial charge is 0.406 e. The summed E-state index contributed by atoms with van der Waals surface area (Å²) in [6, 6.07) is 1.64. The number of amides is 3. The summed E-state index contributed by atoms with van der Waals surface area (Å²) < 4.78 is 82.1. The molecular formula is C17H18F6N3O3+. The number of urea groups is 1. The second kappa shape index (κ2) is 7.39. The molecule has 0 bridgehead atoms. The van der Waals surface area contributed by atoms with Crippen molar-refractivity contribution in [2.75, 3.05) is 4.90 Å². The molecule has 0 spiro atoms. The van der Waals surface area contributed by atoms with Crippen LogP contribution in [-0.2, 0) is 4.79 Å². The molecule has 3 rings (SSSR count). The standard InChI is InChI=1S/C17H17F6N3O3/c18-16(19,20)15(24-10-4-2-1-3-5-10)13(27)26(14(28)25-15)11-6-8-12(9-7-11)29-17(21,22)23/h6-10,24H,1-5H2,(H,25,28)/p+1/t15-/m1/s1. The number of hydrogen-bond donors (Lipinski definition) is 2. The van der Waals surface area contributed by atoms with E-state index < -0.39 is 41.9 Å². The van der Waals surface area contributed by atoms with Gasteiger partial charge in [0.1, 0.15) is 5.75 Å². The minimum atomic E-state index is -5.08. The normalized spacial score (nSPS) is 24.0. The molecule has 2 aliphatic rings. The van der Waals surface area contributed by atoms with Crippen molar-refractivity contribution in [3.8, 4) is 5.75 Å². The van der Waals surface area contributed by atoms with Crippen molar-refractivity contribution in [1.29, 1.82) is 0 Å². The molecule has 1 aliphatic carbocycles. The second-order valence-electron chi connectivity index (χ2n) is 6.98. The topological polar surface area (TPSA) is 75.2 Å². The van der Waals surface area contributed by atoms with Crippen LogP contribution in [0, 0.1) is 0 Å². The summed E-state index contributed by atoms with van der Waals surface area (Å²) in [7, 11) is 0. The summed E-state index contributed by atoms with van der Waals surface area (Å²) in [4.78, 5) is 25.3. The molecule has 2 fully saturated rings. The quantitative estimate of drug-likeness (QED) is 0.575. The number of hydrogen-bond acceptors (Lipinski definition) is 3. The van der Waals surface area contributed by atoms with Crippen LogP contribution < -0.4 is 20.3 Å². The third-order valence-corrected chi connectivity index (χ3v) is 4.96. The lowest BCUT2D eigenvalue weighted by atomic mass is 9.93. The van der Waals surface area contributed by atoms with Crippen LogP contribution in [-0.4, -0.2) is 36.2 Å². The zero-order chi connectivity index (χ0) is 21.4. The van der Waals surface area contributed by atoms with E-state index in [0.717, 1.165) is 48.8 Å². The Kier molecular flexibility index (Phi) is 5.41. The van der Waals surface area contributed by atoms with Crippen molar-refractivity contribution in [2.45, 2.75) is 56.3 Å². The van der Waals surface area contributed by atoms with E-state index in [2.05, 4.69) is 4.74 Å². The van der Waals surface area contributed by atoms with E-state index in [1.165, 1.54) is 0 Å². The van der Waals surface area contributed by atoms with Crippen molar-refractivity contribution in [1.82, 2.24) is 5.32 Å². The highest BCUT2D eigenvalue weighted by Gasteiger charge is 2.72. The van der Waals surface area contributed by atoms with Crippen LogP contribution in [0.25, 0.3) is 0 Å². The van der Waals surface area contributed by atoms with Crippen molar-refractivity contribution >= 4 is 17.6 Å². The number of anilines is 1. The van der Waals surface area contributed by atoms with Gasteiger partial charge in [-0.3, -0.25) is 10.1 Å². The molecule has 1 aromatic rings. The average Bonchev–Trinajstić information content (AvgIpc) is 2.86. The van der Waals surface area contributed by atoms with Crippen LogP contribution in [0.4, 0.5) is 36.8 Å². The number of carbonyl (C=O) groups excluding carboxylic acids is 2. The number of alkyl halides is 6. The van der Waals surface area contributed by atoms with Crippen LogP contribution in [0.2, 0.25) is 0 Å². The van der Waals surface area contributed by atoms with Gasteiger partial charge in [-0.15, -0.1) is 13.2 Å². The highest BCUT2D eigenvalue weighted by atomic mass is 19.4. The highest BCUT2D eigenvalue weighted by molar-refractivity contribution is 6.22. The van der Waals surface area contributed by atoms with Gasteiger partial charge in [0.2, 0.25) is 0 Å². The number of halogens is 6. The largest absolute Gasteiger partial charge is 0.573 e. The minimum Gasteiger partial charge on any atom is -0.406 e. The van der Waals surface area contributed by atoms with Crippen molar-refractivity contribution < 1.29 is 46.0 Å². The van der Waals surface area contributed by atoms with Gasteiger partial charge >= 0.3 is 30.1 Å². The van der Waals surface area contributed by atoms with E-state index >= 15 is 0 Å². The fourth-order valence-corrected chi connectivity index (χ4v) is 3.63. The molecule has 1 saturated carbocycles. The van der Waals surface area contributed by atoms with Gasteiger partial charge in [-0.2, -0.15) is 13.2 Å². The second-order valence-corrected chi connectivity index (χ2v) is 6.98. The average molecular weight is 426 g/mol. The predicted octanol–water partition coefficient (Wildman–Crippen LogP) is 2.80. The summed E-state index contributed by atoms with van der Waals surface area (Å²) in [6.07, 6.45) is -6.74. The molecule has 3 amide bonds. The molecule has 0 radical (unpaired) electrons. The first-order valence-electron chi connectivity index (χ1n) is 8.88. The summed E-state index contributed by atoms with van der Waals surface area (Å²) in [5, 5.41) is 2.61. The Balaban J connectivity index is 1.87. The molecule has 0 aromatic heterocycles. The Morgan fingerprint density at radius 3 is 2.10 bits per heavy atom. The number of nitrogens with two attached hydrogens (primary N) is 1. The fraction of sp³-hybridized carbons (Fsp3) is 0.529. The number of carbonyl (C=O) groups is 2. The van der Waals surface area contributed by atoms with E-state index in [0.29, 0.717) is 12.8 Å². The van der Waals surface area contributed by atoms with E-state index in [4.69, 9.17) is 0 Å². The molecule has 1 aromatic carbocycles. The molecular weight excluding hydrogens is 408 g/mol. The summed E-state index contributed by atoms with van der Waals surface area (Å²) in [5.41, 5.74) is -3.47. The minimum absolute atomic E-state index is 0.282. The van der Waals surface area contributed by atoms with Gasteiger partial charge in [0, 0.05) is 0 Å². The Morgan fingerprint density at radius 1 is 1.00 bits per heavy atom. The fourth-order valence-electron chi connectivity index (χ4n) is 3.63. The van der Waals surface area contributed by atoms with Gasteiger partial charge in [0.15, 0.2) is 0 Å². The lowest BCUT2D eigenvalue weighted by Gasteiger charge is -2.32. The van der Waals surface area contributed by atoms with Gasteiger partial charge in [0.05, 0.1) is 11.7 Å². The highest BCUT2D eigenvalue weighted by Crippen LogP contribution is 2.34. The van der Waals surface area contributed by atoms with E-state index in [9.17, 15) is 35.9 Å². The molecule has 1 aliphatic heterocycles. The number of quaternary nitrogens is 1. The zero-order valence-electron chi connectivity index (χ0n) is 14.9. The molecule has 29 heavy (non-hydrogen) atoms. The summed E-state index contributed by atoms with van der Waals surface area (Å²) in [6.45, 7) is 0. The van der Waals surface area contributed by atoms with Crippen LogP contribution in [0.15, 0.2) is 24.3 Å². The molecule has 0 unspecified atom stereocenters. The molecule has 6 nitrogen and oxygen atoms in total. The third kappa shape index (κ3) is 4.26. The SMILES string of the molecule is O=C1N[C@@]([NH2+]C2CCCCC2)(C(F)(F)F)C(=O)N1c1ccc(OC(F)(F)F)cc1. The van der Waals surface area contributed by atoms with Gasteiger partial charge in [-0.25, -0.2) is 9.69 Å². The molecule has 160 valence electrons. The molecule has 1 atom stereocenters. The number of ether oxygens (including phenoxy) is 1. The van der Waals surface area contributed by atoms with Gasteiger partial charge in [-0.1, -0.05) is 6.42 Å². The Labute approximate surface area is 161 Å². The van der Waals surface area contributed by atoms with Crippen molar-refractivity contribution in [2.24, 2.45) is 0 Å². The molecule has 3 N–H and O–H groups in total. The molecule has 12 heteroatoms. The Hall–Kier alpha value is -2.50. The van der Waals surface area contributed by atoms with Gasteiger partial charge < -0.3 is 10.1 Å². The maximum Gasteiger partial charge on any atom is 0.573 e. The number of rotatable bonds is 4. The van der Waals surface area contributed by atoms with Crippen LogP contribution in [0.1, 0.15) is 32.1 Å². The summed E-state index contributed by atoms with van der Waals surface area (Å²) in [5.74, 6) is -2.17. The Bertz CT molecular complexity index is 774. The van der Waals surface area contributed by atoms with Crippen LogP contribution in [0.3, 0.4) is 0 Å². The summed E-state index contributed by atoms with van der Waals surface area (Å²) >= 11 is 0. The number of imide groups is 1. The zero-order valence-corrected chi connectivity index (χ0v) is 14.9. The number of nitrogens with zero attached hydrogens (tertiary/aromatic N) is 1. The van der Waals surface area contributed by atoms with Crippen molar-refractivity contribution in [3.63, 3.8) is 0 Å². The number of nitrogens with one attached hydrogen (secondary N) is 1. The van der Waals surface area contributed by atoms with Crippen LogP contribution in [0.5, 0.6) is 5.75 Å². The predicted molar refractivity (Wildman–Crippen MR) is 86.7 cm³/mol. The lowest BCUT2D eigenvalue weighted by molar-refractivity contribution is -0.770. The number of benzene rings is 1. The third-order valence-electron chi connectivity index (χ3n) is 4.96. The van der Waals surface area contributed by atoms with Gasteiger partial charge in [0.25, 0.3) is 0 Å². The lowest BCUT2D eigenvalue weighted by Crippen LogP contribution is -3.08. The van der Waals surface area contributed by atoms with E-state index in [-0.39, 0.29) is 10.6 Å². The maximum atomic E-state index is 13.9. The molecule has 1 heterocycles. The van der Waals surface area contributed by atoms with Crippen LogP contribution >= 0.6 is 0 Å². The van der Waals surface area contributed by atoms with E-state index in [1.807, 2.05) is 0 Å². The Morgan fingerprint density at radius 2 is 1.59 bits per heavy atom. The van der Waals surface area contributed by atoms with Crippen molar-refractivity contribution in [3.05, 3.63) is 24.3 Å². The molecule has 1 saturated heterocycles. The first-order chi connectivity index (χ1) is 13.4. The van der Waals surface area contributed by atoms with Gasteiger partial charge in [-0.05, 0) is 49.9 Å². The maximum absolute atomic E-state index is 13.9. The monoisotopic (exact) mass is 426 g/mol. The van der Waals surface area contributed by atoms with E-state index in [1.54, 1.807) is 5.32 Å².